The molecule has 0 aliphatic rings. The molecule has 0 saturated carbocycles. The van der Waals surface area contributed by atoms with E-state index in [9.17, 15) is 0 Å². The molecule has 0 unspecified atom stereocenters. The van der Waals surface area contributed by atoms with Crippen molar-refractivity contribution in [2.45, 2.75) is 46.5 Å². The molecule has 0 heterocycles. The topological polar surface area (TPSA) is 9.23 Å². The fraction of sp³-hybridized carbons (Fsp3) is 0.429. The molecule has 0 amide bonds. The van der Waals surface area contributed by atoms with E-state index < -0.39 is 0 Å². The van der Waals surface area contributed by atoms with Crippen molar-refractivity contribution < 1.29 is 4.74 Å². The van der Waals surface area contributed by atoms with Crippen LogP contribution in [0.1, 0.15) is 45.2 Å². The van der Waals surface area contributed by atoms with Gasteiger partial charge in [0.25, 0.3) is 0 Å². The Morgan fingerprint density at radius 2 is 1.41 bits per heavy atom. The minimum Gasteiger partial charge on any atom is -0.493 e. The molecule has 0 bridgehead atoms. The second-order valence-electron chi connectivity index (χ2n) is 7.24. The van der Waals surface area contributed by atoms with Gasteiger partial charge in [-0.1, -0.05) is 76.2 Å². The highest BCUT2D eigenvalue weighted by atomic mass is 16.5. The predicted molar refractivity (Wildman–Crippen MR) is 94.5 cm³/mol. The van der Waals surface area contributed by atoms with Crippen LogP contribution in [0.5, 0.6) is 5.75 Å². The van der Waals surface area contributed by atoms with E-state index in [0.717, 1.165) is 18.8 Å². The Kier molecular flexibility index (Phi) is 4.95. The summed E-state index contributed by atoms with van der Waals surface area (Å²) in [5.74, 6) is 0.996. The largest absolute Gasteiger partial charge is 0.493 e. The first-order chi connectivity index (χ1) is 10.3. The minimum atomic E-state index is 0.101. The monoisotopic (exact) mass is 296 g/mol. The molecule has 0 N–H and O–H groups in total. The minimum absolute atomic E-state index is 0.101. The maximum Gasteiger partial charge on any atom is 0.122 e. The van der Waals surface area contributed by atoms with Crippen molar-refractivity contribution in [2.75, 3.05) is 6.61 Å². The van der Waals surface area contributed by atoms with Crippen LogP contribution in [0.15, 0.2) is 54.6 Å². The summed E-state index contributed by atoms with van der Waals surface area (Å²) in [4.78, 5) is 0. The first-order valence-electron chi connectivity index (χ1n) is 8.08. The molecule has 0 aromatic heterocycles. The molecule has 22 heavy (non-hydrogen) atoms. The van der Waals surface area contributed by atoms with Gasteiger partial charge in [0.2, 0.25) is 0 Å². The molecule has 0 atom stereocenters. The third-order valence-electron chi connectivity index (χ3n) is 5.27. The lowest BCUT2D eigenvalue weighted by atomic mass is 9.63. The average Bonchev–Trinajstić information content (AvgIpc) is 2.50. The average molecular weight is 296 g/mol. The molecular formula is C21H28O. The van der Waals surface area contributed by atoms with Crippen LogP contribution in [0, 0.1) is 12.3 Å². The van der Waals surface area contributed by atoms with E-state index in [-0.39, 0.29) is 10.8 Å². The second-order valence-corrected chi connectivity index (χ2v) is 7.24. The number of ether oxygens (including phenoxy) is 1. The quantitative estimate of drug-likeness (QED) is 0.657. The fourth-order valence-corrected chi connectivity index (χ4v) is 2.69. The van der Waals surface area contributed by atoms with Crippen molar-refractivity contribution in [3.05, 3.63) is 65.7 Å². The summed E-state index contributed by atoms with van der Waals surface area (Å²) >= 11 is 0. The lowest BCUT2D eigenvalue weighted by molar-refractivity contribution is 0.143. The second kappa shape index (κ2) is 6.56. The zero-order valence-corrected chi connectivity index (χ0v) is 14.5. The highest BCUT2D eigenvalue weighted by Gasteiger charge is 2.37. The molecule has 0 spiro atoms. The Bertz CT molecular complexity index is 596. The summed E-state index contributed by atoms with van der Waals surface area (Å²) in [6.07, 6.45) is 1.02. The van der Waals surface area contributed by atoms with E-state index in [1.54, 1.807) is 0 Å². The maximum absolute atomic E-state index is 6.00. The molecule has 1 heteroatoms. The smallest absolute Gasteiger partial charge is 0.122 e. The number of benzene rings is 2. The SMILES string of the molecule is Cc1ccccc1OCCC(C)(C)C(C)(C)c1ccccc1. The van der Waals surface area contributed by atoms with Gasteiger partial charge in [0.15, 0.2) is 0 Å². The summed E-state index contributed by atoms with van der Waals surface area (Å²) < 4.78 is 6.00. The van der Waals surface area contributed by atoms with Gasteiger partial charge in [-0.05, 0) is 41.4 Å². The van der Waals surface area contributed by atoms with E-state index in [1.807, 2.05) is 18.2 Å². The highest BCUT2D eigenvalue weighted by Crippen LogP contribution is 2.43. The number of para-hydroxylation sites is 1. The lowest BCUT2D eigenvalue weighted by Gasteiger charge is -2.42. The van der Waals surface area contributed by atoms with Gasteiger partial charge in [-0.15, -0.1) is 0 Å². The Hall–Kier alpha value is -1.76. The van der Waals surface area contributed by atoms with Crippen LogP contribution >= 0.6 is 0 Å². The van der Waals surface area contributed by atoms with Crippen LogP contribution in [0.2, 0.25) is 0 Å². The van der Waals surface area contributed by atoms with Crippen LogP contribution in [0.25, 0.3) is 0 Å². The van der Waals surface area contributed by atoms with Crippen molar-refractivity contribution in [3.8, 4) is 5.75 Å². The molecule has 0 fully saturated rings. The van der Waals surface area contributed by atoms with Gasteiger partial charge in [-0.3, -0.25) is 0 Å². The molecule has 118 valence electrons. The Balaban J connectivity index is 2.03. The van der Waals surface area contributed by atoms with E-state index in [2.05, 4.69) is 71.0 Å². The van der Waals surface area contributed by atoms with Crippen molar-refractivity contribution >= 4 is 0 Å². The van der Waals surface area contributed by atoms with E-state index >= 15 is 0 Å². The molecule has 1 nitrogen and oxygen atoms in total. The number of hydrogen-bond acceptors (Lipinski definition) is 1. The van der Waals surface area contributed by atoms with Gasteiger partial charge in [-0.2, -0.15) is 0 Å². The zero-order chi connectivity index (χ0) is 16.2. The molecule has 2 rings (SSSR count). The summed E-state index contributed by atoms with van der Waals surface area (Å²) in [7, 11) is 0. The Morgan fingerprint density at radius 1 is 0.818 bits per heavy atom. The summed E-state index contributed by atoms with van der Waals surface area (Å²) in [6, 6.07) is 19.0. The molecule has 0 radical (unpaired) electrons. The number of rotatable bonds is 6. The summed E-state index contributed by atoms with van der Waals surface area (Å²) in [6.45, 7) is 12.2. The van der Waals surface area contributed by atoms with Crippen LogP contribution in [0.3, 0.4) is 0 Å². The Morgan fingerprint density at radius 3 is 2.05 bits per heavy atom. The van der Waals surface area contributed by atoms with E-state index in [4.69, 9.17) is 4.74 Å². The fourth-order valence-electron chi connectivity index (χ4n) is 2.69. The third kappa shape index (κ3) is 3.52. The van der Waals surface area contributed by atoms with E-state index in [1.165, 1.54) is 11.1 Å². The van der Waals surface area contributed by atoms with Crippen LogP contribution in [-0.2, 0) is 5.41 Å². The first-order valence-corrected chi connectivity index (χ1v) is 8.08. The summed E-state index contributed by atoms with van der Waals surface area (Å²) in [5.41, 5.74) is 2.83. The first kappa shape index (κ1) is 16.6. The zero-order valence-electron chi connectivity index (χ0n) is 14.5. The molecule has 2 aromatic rings. The number of aryl methyl sites for hydroxylation is 1. The van der Waals surface area contributed by atoms with E-state index in [0.29, 0.717) is 0 Å². The van der Waals surface area contributed by atoms with Gasteiger partial charge in [0.1, 0.15) is 5.75 Å². The van der Waals surface area contributed by atoms with Gasteiger partial charge < -0.3 is 4.74 Å². The normalized spacial score (nSPS) is 12.2. The van der Waals surface area contributed by atoms with Gasteiger partial charge in [-0.25, -0.2) is 0 Å². The molecule has 2 aromatic carbocycles. The van der Waals surface area contributed by atoms with Crippen LogP contribution < -0.4 is 4.74 Å². The summed E-state index contributed by atoms with van der Waals surface area (Å²) in [5, 5.41) is 0. The van der Waals surface area contributed by atoms with Gasteiger partial charge in [0, 0.05) is 0 Å². The highest BCUT2D eigenvalue weighted by molar-refractivity contribution is 5.31. The number of hydrogen-bond donors (Lipinski definition) is 0. The van der Waals surface area contributed by atoms with Crippen molar-refractivity contribution in [3.63, 3.8) is 0 Å². The van der Waals surface area contributed by atoms with Crippen molar-refractivity contribution in [1.29, 1.82) is 0 Å². The standard InChI is InChI=1S/C21H28O/c1-17-11-9-10-14-19(17)22-16-15-20(2,3)21(4,5)18-12-7-6-8-13-18/h6-14H,15-16H2,1-5H3. The van der Waals surface area contributed by atoms with Gasteiger partial charge >= 0.3 is 0 Å². The Labute approximate surface area is 135 Å². The predicted octanol–water partition coefficient (Wildman–Crippen LogP) is 5.77. The van der Waals surface area contributed by atoms with Crippen molar-refractivity contribution in [2.24, 2.45) is 5.41 Å². The molecular weight excluding hydrogens is 268 g/mol. The molecule has 0 aliphatic carbocycles. The third-order valence-corrected chi connectivity index (χ3v) is 5.27. The molecule has 0 aliphatic heterocycles. The van der Waals surface area contributed by atoms with Crippen LogP contribution in [-0.4, -0.2) is 6.61 Å². The molecule has 0 saturated heterocycles. The maximum atomic E-state index is 6.00. The lowest BCUT2D eigenvalue weighted by Crippen LogP contribution is -2.37. The van der Waals surface area contributed by atoms with Gasteiger partial charge in [0.05, 0.1) is 6.61 Å². The van der Waals surface area contributed by atoms with Crippen molar-refractivity contribution in [1.82, 2.24) is 0 Å². The van der Waals surface area contributed by atoms with Crippen LogP contribution in [0.4, 0.5) is 0 Å².